The Morgan fingerprint density at radius 3 is 2.60 bits per heavy atom. The van der Waals surface area contributed by atoms with Gasteiger partial charge >= 0.3 is 0 Å². The van der Waals surface area contributed by atoms with Crippen LogP contribution in [-0.4, -0.2) is 11.5 Å². The van der Waals surface area contributed by atoms with E-state index in [-0.39, 0.29) is 24.8 Å². The summed E-state index contributed by atoms with van der Waals surface area (Å²) in [6.45, 7) is 0.938. The second kappa shape index (κ2) is 7.07. The summed E-state index contributed by atoms with van der Waals surface area (Å²) in [5.41, 5.74) is 1.20. The van der Waals surface area contributed by atoms with Crippen molar-refractivity contribution in [3.05, 3.63) is 41.2 Å². The predicted molar refractivity (Wildman–Crippen MR) is 68.2 cm³/mol. The number of nitrogens with one attached hydrogen (secondary N) is 1. The molecular formula is C10H13Cl3N2. The first-order valence-electron chi connectivity index (χ1n) is 4.36. The lowest BCUT2D eigenvalue weighted by Crippen LogP contribution is -2.23. The van der Waals surface area contributed by atoms with Crippen molar-refractivity contribution in [3.8, 4) is 0 Å². The molecule has 1 aromatic heterocycles. The van der Waals surface area contributed by atoms with Crippen LogP contribution in [0.5, 0.6) is 0 Å². The van der Waals surface area contributed by atoms with Crippen LogP contribution >= 0.6 is 36.4 Å². The molecule has 0 aromatic carbocycles. The van der Waals surface area contributed by atoms with Crippen molar-refractivity contribution in [3.63, 3.8) is 0 Å². The molecular weight excluding hydrogens is 254 g/mol. The maximum absolute atomic E-state index is 5.71. The minimum absolute atomic E-state index is 0. The van der Waals surface area contributed by atoms with Crippen molar-refractivity contribution in [1.82, 2.24) is 10.3 Å². The Morgan fingerprint density at radius 2 is 2.07 bits per heavy atom. The van der Waals surface area contributed by atoms with E-state index in [1.165, 1.54) is 5.56 Å². The van der Waals surface area contributed by atoms with Gasteiger partial charge in [-0.2, -0.15) is 0 Å². The van der Waals surface area contributed by atoms with Crippen LogP contribution in [0, 0.1) is 0 Å². The van der Waals surface area contributed by atoms with E-state index in [1.807, 2.05) is 18.3 Å². The maximum Gasteiger partial charge on any atom is 0.129 e. The second-order valence-electron chi connectivity index (χ2n) is 3.08. The number of hydrogen-bond acceptors (Lipinski definition) is 2. The number of aromatic nitrogens is 1. The molecule has 1 aromatic rings. The van der Waals surface area contributed by atoms with Gasteiger partial charge in [-0.3, -0.25) is 0 Å². The molecule has 0 saturated heterocycles. The summed E-state index contributed by atoms with van der Waals surface area (Å²) in [4.78, 5) is 4.06. The summed E-state index contributed by atoms with van der Waals surface area (Å²) in [6, 6.07) is 4.25. The Kier molecular flexibility index (Phi) is 6.94. The molecule has 1 aliphatic heterocycles. The Balaban J connectivity index is 0.000000980. The molecule has 84 valence electrons. The van der Waals surface area contributed by atoms with E-state index in [4.69, 9.17) is 11.6 Å². The highest BCUT2D eigenvalue weighted by molar-refractivity contribution is 6.29. The molecule has 2 nitrogen and oxygen atoms in total. The van der Waals surface area contributed by atoms with Crippen LogP contribution in [0.3, 0.4) is 0 Å². The van der Waals surface area contributed by atoms with E-state index in [2.05, 4.69) is 22.5 Å². The van der Waals surface area contributed by atoms with Gasteiger partial charge in [0, 0.05) is 18.8 Å². The zero-order valence-electron chi connectivity index (χ0n) is 8.02. The minimum atomic E-state index is 0. The van der Waals surface area contributed by atoms with Crippen LogP contribution in [0.25, 0.3) is 0 Å². The number of hydrogen-bond donors (Lipinski definition) is 1. The van der Waals surface area contributed by atoms with Gasteiger partial charge in [-0.15, -0.1) is 24.8 Å². The van der Waals surface area contributed by atoms with Crippen LogP contribution in [0.1, 0.15) is 18.0 Å². The Hall–Kier alpha value is -0.280. The molecule has 0 saturated carbocycles. The van der Waals surface area contributed by atoms with Crippen LogP contribution in [0.4, 0.5) is 0 Å². The number of pyridine rings is 1. The first kappa shape index (κ1) is 14.7. The molecule has 1 unspecified atom stereocenters. The summed E-state index contributed by atoms with van der Waals surface area (Å²) < 4.78 is 0. The Bertz CT molecular complexity index is 311. The van der Waals surface area contributed by atoms with Crippen molar-refractivity contribution < 1.29 is 0 Å². The normalized spacial score (nSPS) is 18.9. The minimum Gasteiger partial charge on any atom is -0.306 e. The number of nitrogens with zero attached hydrogens (tertiary/aromatic N) is 1. The van der Waals surface area contributed by atoms with Crippen LogP contribution in [0.15, 0.2) is 30.5 Å². The smallest absolute Gasteiger partial charge is 0.129 e. The fourth-order valence-electron chi connectivity index (χ4n) is 1.46. The molecule has 0 fully saturated rings. The molecule has 0 spiro atoms. The van der Waals surface area contributed by atoms with Crippen LogP contribution < -0.4 is 5.32 Å². The lowest BCUT2D eigenvalue weighted by Gasteiger charge is -2.19. The molecule has 5 heteroatoms. The average Bonchev–Trinajstić information content (AvgIpc) is 2.20. The monoisotopic (exact) mass is 266 g/mol. The fourth-order valence-corrected chi connectivity index (χ4v) is 1.57. The molecule has 0 aliphatic carbocycles. The zero-order valence-corrected chi connectivity index (χ0v) is 10.4. The van der Waals surface area contributed by atoms with Crippen molar-refractivity contribution in [1.29, 1.82) is 0 Å². The van der Waals surface area contributed by atoms with E-state index in [0.29, 0.717) is 11.2 Å². The summed E-state index contributed by atoms with van der Waals surface area (Å²) in [6.07, 6.45) is 7.19. The van der Waals surface area contributed by atoms with Gasteiger partial charge in [0.25, 0.3) is 0 Å². The summed E-state index contributed by atoms with van der Waals surface area (Å²) in [7, 11) is 0. The van der Waals surface area contributed by atoms with Gasteiger partial charge in [0.1, 0.15) is 5.15 Å². The zero-order chi connectivity index (χ0) is 9.10. The van der Waals surface area contributed by atoms with Gasteiger partial charge in [-0.25, -0.2) is 4.98 Å². The highest BCUT2D eigenvalue weighted by atomic mass is 35.5. The van der Waals surface area contributed by atoms with Gasteiger partial charge in [-0.1, -0.05) is 29.8 Å². The molecule has 1 atom stereocenters. The molecule has 0 radical (unpaired) electrons. The van der Waals surface area contributed by atoms with E-state index >= 15 is 0 Å². The lowest BCUT2D eigenvalue weighted by atomic mass is 10.0. The number of rotatable bonds is 1. The SMILES string of the molecule is Cl.Cl.Clc1ccc(C2CC=CCN2)cn1. The highest BCUT2D eigenvalue weighted by Gasteiger charge is 2.10. The Morgan fingerprint density at radius 1 is 1.27 bits per heavy atom. The molecule has 0 bridgehead atoms. The van der Waals surface area contributed by atoms with Gasteiger partial charge in [0.15, 0.2) is 0 Å². The first-order chi connectivity index (χ1) is 6.36. The molecule has 0 amide bonds. The lowest BCUT2D eigenvalue weighted by molar-refractivity contribution is 0.553. The average molecular weight is 268 g/mol. The highest BCUT2D eigenvalue weighted by Crippen LogP contribution is 2.19. The molecule has 15 heavy (non-hydrogen) atoms. The molecule has 1 N–H and O–H groups in total. The summed E-state index contributed by atoms with van der Waals surface area (Å²) >= 11 is 5.71. The quantitative estimate of drug-likeness (QED) is 0.624. The van der Waals surface area contributed by atoms with E-state index in [0.717, 1.165) is 13.0 Å². The standard InChI is InChI=1S/C10H11ClN2.2ClH/c11-10-5-4-8(7-13-10)9-3-1-2-6-12-9;;/h1-2,4-5,7,9,12H,3,6H2;2*1H. The first-order valence-corrected chi connectivity index (χ1v) is 4.74. The number of halogens is 3. The third-order valence-electron chi connectivity index (χ3n) is 2.17. The third-order valence-corrected chi connectivity index (χ3v) is 2.40. The van der Waals surface area contributed by atoms with Crippen molar-refractivity contribution in [2.45, 2.75) is 12.5 Å². The largest absolute Gasteiger partial charge is 0.306 e. The Labute approximate surface area is 107 Å². The van der Waals surface area contributed by atoms with Gasteiger partial charge in [0.2, 0.25) is 0 Å². The van der Waals surface area contributed by atoms with E-state index in [9.17, 15) is 0 Å². The van der Waals surface area contributed by atoms with E-state index < -0.39 is 0 Å². The molecule has 2 heterocycles. The van der Waals surface area contributed by atoms with Crippen LogP contribution in [-0.2, 0) is 0 Å². The topological polar surface area (TPSA) is 24.9 Å². The maximum atomic E-state index is 5.71. The van der Waals surface area contributed by atoms with Gasteiger partial charge in [-0.05, 0) is 18.1 Å². The third kappa shape index (κ3) is 3.99. The second-order valence-corrected chi connectivity index (χ2v) is 3.47. The summed E-state index contributed by atoms with van der Waals surface area (Å²) in [5.74, 6) is 0. The van der Waals surface area contributed by atoms with Gasteiger partial charge in [0.05, 0.1) is 0 Å². The molecule has 2 rings (SSSR count). The molecule has 1 aliphatic rings. The van der Waals surface area contributed by atoms with E-state index in [1.54, 1.807) is 0 Å². The van der Waals surface area contributed by atoms with Gasteiger partial charge < -0.3 is 5.32 Å². The summed E-state index contributed by atoms with van der Waals surface area (Å²) in [5, 5.41) is 3.94. The fraction of sp³-hybridized carbons (Fsp3) is 0.300. The van der Waals surface area contributed by atoms with Crippen molar-refractivity contribution in [2.24, 2.45) is 0 Å². The van der Waals surface area contributed by atoms with Crippen molar-refractivity contribution in [2.75, 3.05) is 6.54 Å². The predicted octanol–water partition coefficient (Wildman–Crippen LogP) is 3.17. The van der Waals surface area contributed by atoms with Crippen LogP contribution in [0.2, 0.25) is 5.15 Å². The van der Waals surface area contributed by atoms with Crippen molar-refractivity contribution >= 4 is 36.4 Å².